The Labute approximate surface area is 145 Å². The van der Waals surface area contributed by atoms with Crippen molar-refractivity contribution in [1.82, 2.24) is 10.5 Å². The lowest BCUT2D eigenvalue weighted by Gasteiger charge is -2.37. The van der Waals surface area contributed by atoms with E-state index in [1.807, 2.05) is 0 Å². The molecule has 5 nitrogen and oxygen atoms in total. The molecule has 0 radical (unpaired) electrons. The summed E-state index contributed by atoms with van der Waals surface area (Å²) in [5.74, 6) is 0.730. The molecule has 1 aliphatic carbocycles. The van der Waals surface area contributed by atoms with Gasteiger partial charge in [-0.1, -0.05) is 17.3 Å². The van der Waals surface area contributed by atoms with Gasteiger partial charge in [0.05, 0.1) is 0 Å². The van der Waals surface area contributed by atoms with Crippen LogP contribution in [0.2, 0.25) is 0 Å². The highest BCUT2D eigenvalue weighted by atomic mass is 19.1. The molecule has 1 aromatic carbocycles. The van der Waals surface area contributed by atoms with Gasteiger partial charge in [-0.05, 0) is 43.4 Å². The van der Waals surface area contributed by atoms with Crippen LogP contribution >= 0.6 is 0 Å². The van der Waals surface area contributed by atoms with E-state index in [1.165, 1.54) is 12.1 Å². The molecule has 6 heteroatoms. The molecule has 2 aromatic rings. The van der Waals surface area contributed by atoms with Gasteiger partial charge in [-0.15, -0.1) is 0 Å². The van der Waals surface area contributed by atoms with E-state index in [2.05, 4.69) is 10.5 Å². The van der Waals surface area contributed by atoms with Gasteiger partial charge in [-0.2, -0.15) is 0 Å². The van der Waals surface area contributed by atoms with E-state index in [4.69, 9.17) is 9.26 Å². The Morgan fingerprint density at radius 2 is 1.96 bits per heavy atom. The fourth-order valence-electron chi connectivity index (χ4n) is 3.43. The monoisotopic (exact) mass is 344 g/mol. The van der Waals surface area contributed by atoms with Crippen LogP contribution < -0.4 is 5.32 Å². The number of ether oxygens (including phenoxy) is 1. The first-order chi connectivity index (χ1) is 12.2. The molecule has 0 atom stereocenters. The average molecular weight is 344 g/mol. The average Bonchev–Trinajstić information content (AvgIpc) is 3.38. The standard InChI is InChI=1S/C19H21FN2O3/c20-15-5-3-14(4-6-15)19(7-9-24-10-8-19)12-21-18(23)16-11-17(25-22-16)13-1-2-13/h3-6,11,13H,1-2,7-10,12H2,(H,21,23). The minimum absolute atomic E-state index is 0.233. The van der Waals surface area contributed by atoms with Crippen LogP contribution in [0.1, 0.15) is 53.4 Å². The van der Waals surface area contributed by atoms with Crippen molar-refractivity contribution in [2.24, 2.45) is 0 Å². The molecule has 1 saturated carbocycles. The Balaban J connectivity index is 1.48. The summed E-state index contributed by atoms with van der Waals surface area (Å²) in [6.07, 6.45) is 3.77. The summed E-state index contributed by atoms with van der Waals surface area (Å²) in [6.45, 7) is 1.72. The molecule has 1 aromatic heterocycles. The fraction of sp³-hybridized carbons (Fsp3) is 0.474. The second-order valence-electron chi connectivity index (χ2n) is 6.97. The Morgan fingerprint density at radius 3 is 2.64 bits per heavy atom. The van der Waals surface area contributed by atoms with Gasteiger partial charge in [0.1, 0.15) is 11.6 Å². The second kappa shape index (κ2) is 6.59. The topological polar surface area (TPSA) is 64.4 Å². The third-order valence-electron chi connectivity index (χ3n) is 5.23. The summed E-state index contributed by atoms with van der Waals surface area (Å²) >= 11 is 0. The molecule has 1 N–H and O–H groups in total. The molecule has 0 spiro atoms. The van der Waals surface area contributed by atoms with Gasteiger partial charge in [-0.25, -0.2) is 4.39 Å². The van der Waals surface area contributed by atoms with Gasteiger partial charge in [-0.3, -0.25) is 4.79 Å². The zero-order valence-electron chi connectivity index (χ0n) is 14.0. The van der Waals surface area contributed by atoms with Crippen LogP contribution in [0.4, 0.5) is 4.39 Å². The number of nitrogens with one attached hydrogen (secondary N) is 1. The van der Waals surface area contributed by atoms with E-state index in [1.54, 1.807) is 18.2 Å². The maximum atomic E-state index is 13.3. The van der Waals surface area contributed by atoms with Crippen molar-refractivity contribution >= 4 is 5.91 Å². The zero-order valence-corrected chi connectivity index (χ0v) is 14.0. The van der Waals surface area contributed by atoms with E-state index in [0.717, 1.165) is 37.0 Å². The van der Waals surface area contributed by atoms with Crippen LogP contribution in [0.25, 0.3) is 0 Å². The number of nitrogens with zero attached hydrogens (tertiary/aromatic N) is 1. The van der Waals surface area contributed by atoms with Crippen molar-refractivity contribution in [1.29, 1.82) is 0 Å². The summed E-state index contributed by atoms with van der Waals surface area (Å²) in [5.41, 5.74) is 1.10. The van der Waals surface area contributed by atoms with Crippen LogP contribution in [0.15, 0.2) is 34.9 Å². The predicted octanol–water partition coefficient (Wildman–Crippen LogP) is 3.17. The van der Waals surface area contributed by atoms with Crippen molar-refractivity contribution in [2.45, 2.75) is 37.0 Å². The minimum Gasteiger partial charge on any atom is -0.381 e. The number of rotatable bonds is 5. The lowest BCUT2D eigenvalue weighted by atomic mass is 9.74. The predicted molar refractivity (Wildman–Crippen MR) is 88.9 cm³/mol. The molecular weight excluding hydrogens is 323 g/mol. The molecule has 1 amide bonds. The van der Waals surface area contributed by atoms with Gasteiger partial charge in [0.15, 0.2) is 5.69 Å². The lowest BCUT2D eigenvalue weighted by molar-refractivity contribution is 0.0486. The van der Waals surface area contributed by atoms with Crippen molar-refractivity contribution in [3.63, 3.8) is 0 Å². The number of benzene rings is 1. The molecule has 2 aliphatic rings. The first-order valence-electron chi connectivity index (χ1n) is 8.75. The Bertz CT molecular complexity index is 746. The Kier molecular flexibility index (Phi) is 4.29. The van der Waals surface area contributed by atoms with Gasteiger partial charge >= 0.3 is 0 Å². The summed E-state index contributed by atoms with van der Waals surface area (Å²) in [4.78, 5) is 12.4. The molecular formula is C19H21FN2O3. The second-order valence-corrected chi connectivity index (χ2v) is 6.97. The number of hydrogen-bond donors (Lipinski definition) is 1. The van der Waals surface area contributed by atoms with Gasteiger partial charge in [0, 0.05) is 37.2 Å². The van der Waals surface area contributed by atoms with E-state index in [-0.39, 0.29) is 17.1 Å². The number of carbonyl (C=O) groups is 1. The Morgan fingerprint density at radius 1 is 1.24 bits per heavy atom. The number of aromatic nitrogens is 1. The molecule has 1 aliphatic heterocycles. The smallest absolute Gasteiger partial charge is 0.273 e. The largest absolute Gasteiger partial charge is 0.381 e. The molecule has 4 rings (SSSR count). The van der Waals surface area contributed by atoms with Gasteiger partial charge < -0.3 is 14.6 Å². The summed E-state index contributed by atoms with van der Waals surface area (Å²) in [5, 5.41) is 6.87. The molecule has 0 unspecified atom stereocenters. The van der Waals surface area contributed by atoms with E-state index < -0.39 is 0 Å². The van der Waals surface area contributed by atoms with Crippen molar-refractivity contribution in [3.05, 3.63) is 53.2 Å². The SMILES string of the molecule is O=C(NCC1(c2ccc(F)cc2)CCOCC1)c1cc(C2CC2)on1. The number of halogens is 1. The normalized spacial score (nSPS) is 19.6. The first kappa shape index (κ1) is 16.3. The van der Waals surface area contributed by atoms with Crippen LogP contribution in [-0.4, -0.2) is 30.8 Å². The first-order valence-corrected chi connectivity index (χ1v) is 8.75. The van der Waals surface area contributed by atoms with Crippen molar-refractivity contribution in [3.8, 4) is 0 Å². The third kappa shape index (κ3) is 3.44. The highest BCUT2D eigenvalue weighted by Gasteiger charge is 2.35. The minimum atomic E-state index is -0.259. The summed E-state index contributed by atoms with van der Waals surface area (Å²) in [6, 6.07) is 8.27. The number of carbonyl (C=O) groups excluding carboxylic acids is 1. The van der Waals surface area contributed by atoms with E-state index in [0.29, 0.717) is 31.4 Å². The third-order valence-corrected chi connectivity index (χ3v) is 5.23. The maximum Gasteiger partial charge on any atom is 0.273 e. The van der Waals surface area contributed by atoms with E-state index in [9.17, 15) is 9.18 Å². The number of amides is 1. The fourth-order valence-corrected chi connectivity index (χ4v) is 3.43. The Hall–Kier alpha value is -2.21. The van der Waals surface area contributed by atoms with Crippen LogP contribution in [-0.2, 0) is 10.2 Å². The van der Waals surface area contributed by atoms with Gasteiger partial charge in [0.25, 0.3) is 5.91 Å². The quantitative estimate of drug-likeness (QED) is 0.905. The maximum absolute atomic E-state index is 13.3. The van der Waals surface area contributed by atoms with Crippen molar-refractivity contribution < 1.29 is 18.4 Å². The molecule has 0 bridgehead atoms. The summed E-state index contributed by atoms with van der Waals surface area (Å²) in [7, 11) is 0. The molecule has 1 saturated heterocycles. The van der Waals surface area contributed by atoms with E-state index >= 15 is 0 Å². The number of hydrogen-bond acceptors (Lipinski definition) is 4. The molecule has 2 fully saturated rings. The zero-order chi connectivity index (χ0) is 17.3. The highest BCUT2D eigenvalue weighted by molar-refractivity contribution is 5.92. The van der Waals surface area contributed by atoms with Crippen LogP contribution in [0.5, 0.6) is 0 Å². The molecule has 25 heavy (non-hydrogen) atoms. The van der Waals surface area contributed by atoms with Gasteiger partial charge in [0.2, 0.25) is 0 Å². The highest BCUT2D eigenvalue weighted by Crippen LogP contribution is 2.40. The molecule has 2 heterocycles. The molecule has 132 valence electrons. The van der Waals surface area contributed by atoms with Crippen LogP contribution in [0, 0.1) is 5.82 Å². The van der Waals surface area contributed by atoms with Crippen molar-refractivity contribution in [2.75, 3.05) is 19.8 Å². The lowest BCUT2D eigenvalue weighted by Crippen LogP contribution is -2.44. The summed E-state index contributed by atoms with van der Waals surface area (Å²) < 4.78 is 24.0. The van der Waals surface area contributed by atoms with Crippen LogP contribution in [0.3, 0.4) is 0 Å².